The van der Waals surface area contributed by atoms with E-state index in [-0.39, 0.29) is 11.3 Å². The van der Waals surface area contributed by atoms with Crippen molar-refractivity contribution in [2.75, 3.05) is 18.8 Å². The summed E-state index contributed by atoms with van der Waals surface area (Å²) in [5.41, 5.74) is 9.16. The summed E-state index contributed by atoms with van der Waals surface area (Å²) in [6.07, 6.45) is 3.57. The van der Waals surface area contributed by atoms with E-state index in [1.54, 1.807) is 0 Å². The quantitative estimate of drug-likeness (QED) is 0.664. The van der Waals surface area contributed by atoms with E-state index < -0.39 is 0 Å². The number of carbonyl (C=O) groups is 1. The average Bonchev–Trinajstić information content (AvgIpc) is 2.40. The highest BCUT2D eigenvalue weighted by Crippen LogP contribution is 2.30. The first kappa shape index (κ1) is 14.6. The number of nitrogens with two attached hydrogens (primary N) is 1. The molecule has 0 spiro atoms. The zero-order chi connectivity index (χ0) is 14.8. The van der Waals surface area contributed by atoms with Gasteiger partial charge in [0.2, 0.25) is 5.91 Å². The van der Waals surface area contributed by atoms with Crippen LogP contribution in [0.2, 0.25) is 0 Å². The summed E-state index contributed by atoms with van der Waals surface area (Å²) in [6, 6.07) is 7.58. The lowest BCUT2D eigenvalue weighted by Gasteiger charge is -2.32. The molecule has 3 nitrogen and oxygen atoms in total. The van der Waals surface area contributed by atoms with Crippen molar-refractivity contribution < 1.29 is 4.79 Å². The summed E-state index contributed by atoms with van der Waals surface area (Å²) in [6.45, 7) is 8.20. The van der Waals surface area contributed by atoms with Gasteiger partial charge in [0.1, 0.15) is 0 Å². The van der Waals surface area contributed by atoms with Crippen LogP contribution in [0.15, 0.2) is 35.9 Å². The Bertz CT molecular complexity index is 526. The van der Waals surface area contributed by atoms with E-state index >= 15 is 0 Å². The second kappa shape index (κ2) is 5.70. The molecule has 0 atom stereocenters. The van der Waals surface area contributed by atoms with Gasteiger partial charge in [0, 0.05) is 18.8 Å². The number of nitrogens with zero attached hydrogens (tertiary/aromatic N) is 1. The summed E-state index contributed by atoms with van der Waals surface area (Å²) in [5.74, 6) is 0.159. The summed E-state index contributed by atoms with van der Waals surface area (Å²) >= 11 is 0. The van der Waals surface area contributed by atoms with Gasteiger partial charge < -0.3 is 10.6 Å². The van der Waals surface area contributed by atoms with Crippen molar-refractivity contribution >= 4 is 11.6 Å². The number of benzene rings is 1. The van der Waals surface area contributed by atoms with E-state index in [0.717, 1.165) is 25.1 Å². The predicted molar refractivity (Wildman–Crippen MR) is 83.3 cm³/mol. The third kappa shape index (κ3) is 3.41. The standard InChI is InChI=1S/C17H24N2O/c1-17(2,3)14-8-10-19(11-9-14)16(20)12-13-6-4-5-7-15(13)18/h4-8H,9-12,18H2,1-3H3. The number of amides is 1. The summed E-state index contributed by atoms with van der Waals surface area (Å²) in [7, 11) is 0. The molecule has 0 fully saturated rings. The van der Waals surface area contributed by atoms with Gasteiger partial charge in [-0.1, -0.05) is 50.6 Å². The number of nitrogen functional groups attached to an aromatic ring is 1. The minimum absolute atomic E-state index is 0.159. The minimum Gasteiger partial charge on any atom is -0.398 e. The molecule has 1 aromatic carbocycles. The first-order valence-electron chi connectivity index (χ1n) is 7.18. The maximum absolute atomic E-state index is 12.3. The molecule has 0 radical (unpaired) electrons. The molecular formula is C17H24N2O. The summed E-state index contributed by atoms with van der Waals surface area (Å²) < 4.78 is 0. The molecular weight excluding hydrogens is 248 g/mol. The molecule has 0 unspecified atom stereocenters. The average molecular weight is 272 g/mol. The fourth-order valence-electron chi connectivity index (χ4n) is 2.55. The Labute approximate surface area is 121 Å². The zero-order valence-electron chi connectivity index (χ0n) is 12.6. The molecule has 0 bridgehead atoms. The van der Waals surface area contributed by atoms with Crippen LogP contribution in [-0.4, -0.2) is 23.9 Å². The van der Waals surface area contributed by atoms with Gasteiger partial charge in [-0.15, -0.1) is 0 Å². The summed E-state index contributed by atoms with van der Waals surface area (Å²) in [5, 5.41) is 0. The molecule has 20 heavy (non-hydrogen) atoms. The number of hydrogen-bond acceptors (Lipinski definition) is 2. The molecule has 1 aromatic rings. The molecule has 0 saturated heterocycles. The van der Waals surface area contributed by atoms with E-state index in [4.69, 9.17) is 5.73 Å². The molecule has 108 valence electrons. The molecule has 0 aromatic heterocycles. The van der Waals surface area contributed by atoms with Crippen LogP contribution >= 0.6 is 0 Å². The second-order valence-corrected chi connectivity index (χ2v) is 6.44. The molecule has 2 N–H and O–H groups in total. The first-order chi connectivity index (χ1) is 9.38. The van der Waals surface area contributed by atoms with Gasteiger partial charge in [0.15, 0.2) is 0 Å². The highest BCUT2D eigenvalue weighted by molar-refractivity contribution is 5.80. The van der Waals surface area contributed by atoms with Gasteiger partial charge in [-0.2, -0.15) is 0 Å². The van der Waals surface area contributed by atoms with E-state index in [2.05, 4.69) is 26.8 Å². The molecule has 1 aliphatic heterocycles. The number of rotatable bonds is 2. The molecule has 0 aliphatic carbocycles. The zero-order valence-corrected chi connectivity index (χ0v) is 12.6. The lowest BCUT2D eigenvalue weighted by molar-refractivity contribution is -0.130. The lowest BCUT2D eigenvalue weighted by atomic mass is 9.83. The normalized spacial score (nSPS) is 15.9. The van der Waals surface area contributed by atoms with Crippen LogP contribution in [0.5, 0.6) is 0 Å². The number of anilines is 1. The van der Waals surface area contributed by atoms with Crippen molar-refractivity contribution in [1.82, 2.24) is 4.90 Å². The maximum atomic E-state index is 12.3. The van der Waals surface area contributed by atoms with Crippen molar-refractivity contribution in [3.05, 3.63) is 41.5 Å². The molecule has 0 saturated carbocycles. The van der Waals surface area contributed by atoms with E-state index in [9.17, 15) is 4.79 Å². The Hall–Kier alpha value is -1.77. The molecule has 3 heteroatoms. The Morgan fingerprint density at radius 3 is 2.55 bits per heavy atom. The SMILES string of the molecule is CC(C)(C)C1=CCN(C(=O)Cc2ccccc2N)CC1. The van der Waals surface area contributed by atoms with Gasteiger partial charge >= 0.3 is 0 Å². The van der Waals surface area contributed by atoms with Crippen LogP contribution in [0.25, 0.3) is 0 Å². The van der Waals surface area contributed by atoms with Crippen LogP contribution in [0.1, 0.15) is 32.8 Å². The fourth-order valence-corrected chi connectivity index (χ4v) is 2.55. The molecule has 1 amide bonds. The Balaban J connectivity index is 1.99. The van der Waals surface area contributed by atoms with Gasteiger partial charge in [0.05, 0.1) is 6.42 Å². The smallest absolute Gasteiger partial charge is 0.227 e. The molecule has 1 aliphatic rings. The van der Waals surface area contributed by atoms with E-state index in [1.807, 2.05) is 29.2 Å². The third-order valence-electron chi connectivity index (χ3n) is 3.92. The van der Waals surface area contributed by atoms with Crippen LogP contribution in [0.3, 0.4) is 0 Å². The predicted octanol–water partition coefficient (Wildman–Crippen LogP) is 3.02. The van der Waals surface area contributed by atoms with Crippen molar-refractivity contribution in [2.24, 2.45) is 5.41 Å². The van der Waals surface area contributed by atoms with Gasteiger partial charge in [-0.3, -0.25) is 4.79 Å². The summed E-state index contributed by atoms with van der Waals surface area (Å²) in [4.78, 5) is 14.2. The minimum atomic E-state index is 0.159. The monoisotopic (exact) mass is 272 g/mol. The van der Waals surface area contributed by atoms with Crippen LogP contribution in [0.4, 0.5) is 5.69 Å². The van der Waals surface area contributed by atoms with Crippen molar-refractivity contribution in [2.45, 2.75) is 33.6 Å². The highest BCUT2D eigenvalue weighted by atomic mass is 16.2. The number of para-hydroxylation sites is 1. The van der Waals surface area contributed by atoms with Crippen molar-refractivity contribution in [1.29, 1.82) is 0 Å². The molecule has 1 heterocycles. The van der Waals surface area contributed by atoms with Crippen LogP contribution in [0, 0.1) is 5.41 Å². The largest absolute Gasteiger partial charge is 0.398 e. The second-order valence-electron chi connectivity index (χ2n) is 6.44. The number of carbonyl (C=O) groups excluding carboxylic acids is 1. The first-order valence-corrected chi connectivity index (χ1v) is 7.18. The number of hydrogen-bond donors (Lipinski definition) is 1. The topological polar surface area (TPSA) is 46.3 Å². The van der Waals surface area contributed by atoms with Crippen molar-refractivity contribution in [3.63, 3.8) is 0 Å². The Kier molecular flexibility index (Phi) is 4.17. The highest BCUT2D eigenvalue weighted by Gasteiger charge is 2.23. The van der Waals surface area contributed by atoms with Gasteiger partial charge in [-0.25, -0.2) is 0 Å². The molecule has 2 rings (SSSR count). The lowest BCUT2D eigenvalue weighted by Crippen LogP contribution is -2.37. The fraction of sp³-hybridized carbons (Fsp3) is 0.471. The van der Waals surface area contributed by atoms with E-state index in [0.29, 0.717) is 12.1 Å². The van der Waals surface area contributed by atoms with E-state index in [1.165, 1.54) is 5.57 Å². The van der Waals surface area contributed by atoms with Crippen LogP contribution in [-0.2, 0) is 11.2 Å². The third-order valence-corrected chi connectivity index (χ3v) is 3.92. The Morgan fingerprint density at radius 1 is 1.30 bits per heavy atom. The van der Waals surface area contributed by atoms with Gasteiger partial charge in [0.25, 0.3) is 0 Å². The maximum Gasteiger partial charge on any atom is 0.227 e. The Morgan fingerprint density at radius 2 is 2.00 bits per heavy atom. The van der Waals surface area contributed by atoms with Gasteiger partial charge in [-0.05, 0) is 23.5 Å². The van der Waals surface area contributed by atoms with Crippen molar-refractivity contribution in [3.8, 4) is 0 Å². The van der Waals surface area contributed by atoms with Crippen LogP contribution < -0.4 is 5.73 Å².